The van der Waals surface area contributed by atoms with Gasteiger partial charge in [-0.15, -0.1) is 0 Å². The lowest BCUT2D eigenvalue weighted by Crippen LogP contribution is -1.98. The molecule has 7 nitrogen and oxygen atoms in total. The summed E-state index contributed by atoms with van der Waals surface area (Å²) in [4.78, 5) is 4.25. The second kappa shape index (κ2) is 5.88. The molecule has 23 heavy (non-hydrogen) atoms. The van der Waals surface area contributed by atoms with Crippen molar-refractivity contribution in [1.82, 2.24) is 10.1 Å². The molecular formula is C15H14N2O5S. The summed E-state index contributed by atoms with van der Waals surface area (Å²) >= 11 is 0. The number of hydrogen-bond donors (Lipinski definition) is 0. The molecule has 0 aliphatic rings. The minimum absolute atomic E-state index is 0.174. The average Bonchev–Trinajstić information content (AvgIpc) is 3.14. The van der Waals surface area contributed by atoms with Crippen LogP contribution in [-0.4, -0.2) is 31.9 Å². The molecule has 0 fully saturated rings. The Kier molecular flexibility index (Phi) is 3.91. The second-order valence-corrected chi connectivity index (χ2v) is 7.13. The Morgan fingerprint density at radius 1 is 1.13 bits per heavy atom. The third-order valence-corrected chi connectivity index (χ3v) is 3.86. The van der Waals surface area contributed by atoms with Crippen LogP contribution in [0.15, 0.2) is 45.3 Å². The minimum atomic E-state index is -3.16. The molecule has 0 spiro atoms. The van der Waals surface area contributed by atoms with E-state index in [9.17, 15) is 8.42 Å². The van der Waals surface area contributed by atoms with Crippen LogP contribution in [-0.2, 0) is 15.6 Å². The SMILES string of the molecule is COc1ccc(-c2noc(-c3ccc(CS(C)(=O)=O)o3)n2)cc1. The maximum Gasteiger partial charge on any atom is 0.293 e. The number of furan rings is 1. The molecule has 0 atom stereocenters. The summed E-state index contributed by atoms with van der Waals surface area (Å²) < 4.78 is 38.2. The number of nitrogens with zero attached hydrogens (tertiary/aromatic N) is 2. The van der Waals surface area contributed by atoms with Gasteiger partial charge in [0.15, 0.2) is 15.6 Å². The molecule has 3 rings (SSSR count). The number of benzene rings is 1. The van der Waals surface area contributed by atoms with Crippen molar-refractivity contribution < 1.29 is 22.1 Å². The molecule has 2 heterocycles. The van der Waals surface area contributed by atoms with Crippen LogP contribution >= 0.6 is 0 Å². The fourth-order valence-corrected chi connectivity index (χ4v) is 2.68. The Labute approximate surface area is 132 Å². The first-order valence-corrected chi connectivity index (χ1v) is 8.75. The van der Waals surface area contributed by atoms with Gasteiger partial charge in [-0.25, -0.2) is 8.42 Å². The summed E-state index contributed by atoms with van der Waals surface area (Å²) in [6, 6.07) is 10.4. The van der Waals surface area contributed by atoms with Gasteiger partial charge < -0.3 is 13.7 Å². The summed E-state index contributed by atoms with van der Waals surface area (Å²) in [5, 5.41) is 3.90. The van der Waals surface area contributed by atoms with Gasteiger partial charge in [0.25, 0.3) is 5.89 Å². The molecule has 2 aromatic heterocycles. The van der Waals surface area contributed by atoms with Crippen molar-refractivity contribution in [2.24, 2.45) is 0 Å². The highest BCUT2D eigenvalue weighted by Gasteiger charge is 2.16. The minimum Gasteiger partial charge on any atom is -0.497 e. The lowest BCUT2D eigenvalue weighted by molar-refractivity contribution is 0.412. The Morgan fingerprint density at radius 3 is 2.52 bits per heavy atom. The van der Waals surface area contributed by atoms with Gasteiger partial charge in [-0.1, -0.05) is 5.16 Å². The summed E-state index contributed by atoms with van der Waals surface area (Å²) in [6.07, 6.45) is 1.14. The van der Waals surface area contributed by atoms with Crippen LogP contribution in [0, 0.1) is 0 Å². The van der Waals surface area contributed by atoms with Crippen LogP contribution in [0.2, 0.25) is 0 Å². The standard InChI is InChI=1S/C15H14N2O5S/c1-20-11-5-3-10(4-6-11)14-16-15(22-17-14)13-8-7-12(21-13)9-23(2,18)19/h3-8H,9H2,1-2H3. The average molecular weight is 334 g/mol. The highest BCUT2D eigenvalue weighted by Crippen LogP contribution is 2.25. The third kappa shape index (κ3) is 3.59. The third-order valence-electron chi connectivity index (χ3n) is 3.05. The van der Waals surface area contributed by atoms with E-state index in [4.69, 9.17) is 13.7 Å². The van der Waals surface area contributed by atoms with Gasteiger partial charge in [-0.2, -0.15) is 4.98 Å². The van der Waals surface area contributed by atoms with E-state index in [-0.39, 0.29) is 11.6 Å². The van der Waals surface area contributed by atoms with Crippen molar-refractivity contribution in [3.05, 3.63) is 42.2 Å². The first-order chi connectivity index (χ1) is 10.9. The molecule has 0 aliphatic heterocycles. The number of hydrogen-bond acceptors (Lipinski definition) is 7. The van der Waals surface area contributed by atoms with Crippen molar-refractivity contribution in [1.29, 1.82) is 0 Å². The van der Waals surface area contributed by atoms with Gasteiger partial charge in [0, 0.05) is 11.8 Å². The van der Waals surface area contributed by atoms with Gasteiger partial charge in [0.05, 0.1) is 7.11 Å². The highest BCUT2D eigenvalue weighted by molar-refractivity contribution is 7.89. The number of ether oxygens (including phenoxy) is 1. The smallest absolute Gasteiger partial charge is 0.293 e. The zero-order valence-electron chi connectivity index (χ0n) is 12.5. The molecule has 0 aliphatic carbocycles. The Bertz CT molecular complexity index is 910. The van der Waals surface area contributed by atoms with Gasteiger partial charge in [0.1, 0.15) is 17.3 Å². The molecule has 0 radical (unpaired) electrons. The fraction of sp³-hybridized carbons (Fsp3) is 0.200. The quantitative estimate of drug-likeness (QED) is 0.707. The Balaban J connectivity index is 1.84. The lowest BCUT2D eigenvalue weighted by Gasteiger charge is -1.98. The molecule has 120 valence electrons. The highest BCUT2D eigenvalue weighted by atomic mass is 32.2. The number of sulfone groups is 1. The normalized spacial score (nSPS) is 11.6. The zero-order chi connectivity index (χ0) is 16.4. The summed E-state index contributed by atoms with van der Waals surface area (Å²) in [5.41, 5.74) is 0.767. The molecule has 8 heteroatoms. The van der Waals surface area contributed by atoms with Gasteiger partial charge in [0.2, 0.25) is 5.82 Å². The first-order valence-electron chi connectivity index (χ1n) is 6.69. The maximum atomic E-state index is 11.3. The monoisotopic (exact) mass is 334 g/mol. The largest absolute Gasteiger partial charge is 0.497 e. The van der Waals surface area contributed by atoms with Crippen molar-refractivity contribution in [3.63, 3.8) is 0 Å². The van der Waals surface area contributed by atoms with Crippen LogP contribution in [0.1, 0.15) is 5.76 Å². The predicted molar refractivity (Wildman–Crippen MR) is 82.5 cm³/mol. The van der Waals surface area contributed by atoms with Crippen LogP contribution in [0.3, 0.4) is 0 Å². The van der Waals surface area contributed by atoms with Crippen LogP contribution < -0.4 is 4.74 Å². The Hall–Kier alpha value is -2.61. The maximum absolute atomic E-state index is 11.3. The van der Waals surface area contributed by atoms with E-state index in [1.54, 1.807) is 31.4 Å². The van der Waals surface area contributed by atoms with Crippen LogP contribution in [0.4, 0.5) is 0 Å². The van der Waals surface area contributed by atoms with Gasteiger partial charge >= 0.3 is 0 Å². The first kappa shape index (κ1) is 15.3. The second-order valence-electron chi connectivity index (χ2n) is 4.99. The van der Waals surface area contributed by atoms with Gasteiger partial charge in [-0.3, -0.25) is 0 Å². The molecule has 0 saturated carbocycles. The molecule has 1 aromatic carbocycles. The van der Waals surface area contributed by atoms with Crippen molar-refractivity contribution in [3.8, 4) is 28.8 Å². The van der Waals surface area contributed by atoms with E-state index in [1.807, 2.05) is 12.1 Å². The van der Waals surface area contributed by atoms with E-state index >= 15 is 0 Å². The molecule has 0 bridgehead atoms. The van der Waals surface area contributed by atoms with E-state index in [0.717, 1.165) is 17.6 Å². The fourth-order valence-electron chi connectivity index (χ4n) is 2.01. The Morgan fingerprint density at radius 2 is 1.87 bits per heavy atom. The molecule has 0 amide bonds. The van der Waals surface area contributed by atoms with Crippen molar-refractivity contribution >= 4 is 9.84 Å². The van der Waals surface area contributed by atoms with Crippen molar-refractivity contribution in [2.75, 3.05) is 13.4 Å². The topological polar surface area (TPSA) is 95.4 Å². The molecule has 0 unspecified atom stereocenters. The van der Waals surface area contributed by atoms with E-state index in [1.165, 1.54) is 0 Å². The summed E-state index contributed by atoms with van der Waals surface area (Å²) in [5.74, 6) is 1.81. The van der Waals surface area contributed by atoms with Crippen LogP contribution in [0.25, 0.3) is 23.0 Å². The van der Waals surface area contributed by atoms with Crippen molar-refractivity contribution in [2.45, 2.75) is 5.75 Å². The van der Waals surface area contributed by atoms with Crippen LogP contribution in [0.5, 0.6) is 5.75 Å². The van der Waals surface area contributed by atoms with Gasteiger partial charge in [-0.05, 0) is 36.4 Å². The van der Waals surface area contributed by atoms with E-state index < -0.39 is 9.84 Å². The zero-order valence-corrected chi connectivity index (χ0v) is 13.3. The number of methoxy groups -OCH3 is 1. The molecule has 3 aromatic rings. The summed E-state index contributed by atoms with van der Waals surface area (Å²) in [6.45, 7) is 0. The molecule has 0 saturated heterocycles. The number of rotatable bonds is 5. The number of aromatic nitrogens is 2. The van der Waals surface area contributed by atoms with E-state index in [0.29, 0.717) is 17.3 Å². The predicted octanol–water partition coefficient (Wildman–Crippen LogP) is 2.55. The molecular weight excluding hydrogens is 320 g/mol. The lowest BCUT2D eigenvalue weighted by atomic mass is 10.2. The summed E-state index contributed by atoms with van der Waals surface area (Å²) in [7, 11) is -1.57. The molecule has 0 N–H and O–H groups in total. The van der Waals surface area contributed by atoms with E-state index in [2.05, 4.69) is 10.1 Å².